The second kappa shape index (κ2) is 6.06. The van der Waals surface area contributed by atoms with E-state index in [1.54, 1.807) is 0 Å². The first-order chi connectivity index (χ1) is 8.29. The van der Waals surface area contributed by atoms with E-state index >= 15 is 0 Å². The minimum absolute atomic E-state index is 0.309. The zero-order valence-corrected chi connectivity index (χ0v) is 10.6. The Balaban J connectivity index is 1.82. The highest BCUT2D eigenvalue weighted by Gasteiger charge is 2.22. The molecule has 17 heavy (non-hydrogen) atoms. The van der Waals surface area contributed by atoms with E-state index in [0.29, 0.717) is 0 Å². The molecule has 1 fully saturated rings. The molecular formula is C15H22O2. The lowest BCUT2D eigenvalue weighted by molar-refractivity contribution is 0.162. The number of ether oxygens (including phenoxy) is 1. The van der Waals surface area contributed by atoms with Crippen LogP contribution >= 0.6 is 0 Å². The van der Waals surface area contributed by atoms with Gasteiger partial charge >= 0.3 is 0 Å². The summed E-state index contributed by atoms with van der Waals surface area (Å²) in [7, 11) is 0. The third-order valence-electron chi connectivity index (χ3n) is 3.28. The number of aliphatic hydroxyl groups excluding tert-OH is 1. The largest absolute Gasteiger partial charge is 0.494 e. The summed E-state index contributed by atoms with van der Waals surface area (Å²) < 4.78 is 5.52. The van der Waals surface area contributed by atoms with Crippen molar-refractivity contribution in [3.05, 3.63) is 29.8 Å². The zero-order valence-electron chi connectivity index (χ0n) is 10.6. The van der Waals surface area contributed by atoms with E-state index in [-0.39, 0.29) is 6.10 Å². The van der Waals surface area contributed by atoms with Crippen molar-refractivity contribution in [3.8, 4) is 5.75 Å². The molecule has 0 heterocycles. The lowest BCUT2D eigenvalue weighted by Crippen LogP contribution is -1.99. The summed E-state index contributed by atoms with van der Waals surface area (Å²) in [6, 6.07) is 7.85. The standard InChI is InChI=1S/C15H22O2/c1-2-11-17-14-8-6-13(7-9-14)15(16)10-5-12-3-4-12/h6-9,12,15-16H,2-5,10-11H2,1H3. The van der Waals surface area contributed by atoms with Crippen molar-refractivity contribution in [2.75, 3.05) is 6.61 Å². The van der Waals surface area contributed by atoms with Gasteiger partial charge in [-0.05, 0) is 42.9 Å². The van der Waals surface area contributed by atoms with Crippen LogP contribution in [-0.2, 0) is 0 Å². The van der Waals surface area contributed by atoms with Crippen LogP contribution in [0.25, 0.3) is 0 Å². The van der Waals surface area contributed by atoms with E-state index in [2.05, 4.69) is 6.92 Å². The van der Waals surface area contributed by atoms with Crippen molar-refractivity contribution in [2.24, 2.45) is 5.92 Å². The summed E-state index contributed by atoms with van der Waals surface area (Å²) >= 11 is 0. The van der Waals surface area contributed by atoms with Gasteiger partial charge < -0.3 is 9.84 Å². The quantitative estimate of drug-likeness (QED) is 0.779. The molecule has 2 nitrogen and oxygen atoms in total. The van der Waals surface area contributed by atoms with Gasteiger partial charge in [0.05, 0.1) is 12.7 Å². The first-order valence-electron chi connectivity index (χ1n) is 6.70. The second-order valence-electron chi connectivity index (χ2n) is 4.95. The number of benzene rings is 1. The van der Waals surface area contributed by atoms with Crippen LogP contribution in [0.2, 0.25) is 0 Å². The van der Waals surface area contributed by atoms with Crippen molar-refractivity contribution in [3.63, 3.8) is 0 Å². The maximum atomic E-state index is 10.0. The number of rotatable bonds is 7. The Bertz CT molecular complexity index is 327. The van der Waals surface area contributed by atoms with Gasteiger partial charge in [-0.3, -0.25) is 0 Å². The van der Waals surface area contributed by atoms with Crippen molar-refractivity contribution in [2.45, 2.75) is 45.1 Å². The number of aliphatic hydroxyl groups is 1. The van der Waals surface area contributed by atoms with Crippen LogP contribution in [0.15, 0.2) is 24.3 Å². The minimum Gasteiger partial charge on any atom is -0.494 e. The molecule has 1 aliphatic rings. The fourth-order valence-corrected chi connectivity index (χ4v) is 1.97. The lowest BCUT2D eigenvalue weighted by Gasteiger charge is -2.11. The third kappa shape index (κ3) is 4.04. The molecule has 1 aromatic carbocycles. The van der Waals surface area contributed by atoms with E-state index in [9.17, 15) is 5.11 Å². The highest BCUT2D eigenvalue weighted by molar-refractivity contribution is 5.28. The molecule has 0 aliphatic heterocycles. The predicted molar refractivity (Wildman–Crippen MR) is 69.1 cm³/mol. The monoisotopic (exact) mass is 234 g/mol. The van der Waals surface area contributed by atoms with E-state index in [1.807, 2.05) is 24.3 Å². The highest BCUT2D eigenvalue weighted by Crippen LogP contribution is 2.35. The van der Waals surface area contributed by atoms with Crippen molar-refractivity contribution >= 4 is 0 Å². The summed E-state index contributed by atoms with van der Waals surface area (Å²) in [5, 5.41) is 10.0. The van der Waals surface area contributed by atoms with Gasteiger partial charge in [0, 0.05) is 0 Å². The summed E-state index contributed by atoms with van der Waals surface area (Å²) in [4.78, 5) is 0. The van der Waals surface area contributed by atoms with Crippen LogP contribution in [0, 0.1) is 5.92 Å². The number of hydrogen-bond acceptors (Lipinski definition) is 2. The molecule has 0 radical (unpaired) electrons. The first-order valence-corrected chi connectivity index (χ1v) is 6.70. The molecule has 1 unspecified atom stereocenters. The summed E-state index contributed by atoms with van der Waals surface area (Å²) in [5.41, 5.74) is 1.01. The van der Waals surface area contributed by atoms with Gasteiger partial charge in [0.25, 0.3) is 0 Å². The van der Waals surface area contributed by atoms with Gasteiger partial charge in [0.1, 0.15) is 5.75 Å². The zero-order chi connectivity index (χ0) is 12.1. The Morgan fingerprint density at radius 1 is 1.29 bits per heavy atom. The molecule has 0 aromatic heterocycles. The smallest absolute Gasteiger partial charge is 0.119 e. The third-order valence-corrected chi connectivity index (χ3v) is 3.28. The average molecular weight is 234 g/mol. The molecule has 1 N–H and O–H groups in total. The molecule has 1 aliphatic carbocycles. The molecule has 0 spiro atoms. The van der Waals surface area contributed by atoms with E-state index in [1.165, 1.54) is 12.8 Å². The highest BCUT2D eigenvalue weighted by atomic mass is 16.5. The molecule has 0 bridgehead atoms. The van der Waals surface area contributed by atoms with Crippen LogP contribution in [0.3, 0.4) is 0 Å². The van der Waals surface area contributed by atoms with E-state index in [4.69, 9.17) is 4.74 Å². The summed E-state index contributed by atoms with van der Waals surface area (Å²) in [5.74, 6) is 1.78. The fourth-order valence-electron chi connectivity index (χ4n) is 1.97. The van der Waals surface area contributed by atoms with Crippen molar-refractivity contribution < 1.29 is 9.84 Å². The topological polar surface area (TPSA) is 29.5 Å². The molecule has 0 amide bonds. The Kier molecular flexibility index (Phi) is 4.43. The number of hydrogen-bond donors (Lipinski definition) is 1. The summed E-state index contributed by atoms with van der Waals surface area (Å²) in [6.07, 6.45) is 5.48. The molecule has 1 saturated carbocycles. The van der Waals surface area contributed by atoms with Gasteiger partial charge in [-0.2, -0.15) is 0 Å². The molecular weight excluding hydrogens is 212 g/mol. The second-order valence-corrected chi connectivity index (χ2v) is 4.95. The molecule has 94 valence electrons. The Hall–Kier alpha value is -1.02. The normalized spacial score (nSPS) is 16.8. The molecule has 1 atom stereocenters. The van der Waals surface area contributed by atoms with Crippen LogP contribution in [0.4, 0.5) is 0 Å². The fraction of sp³-hybridized carbons (Fsp3) is 0.600. The Morgan fingerprint density at radius 3 is 2.59 bits per heavy atom. The Morgan fingerprint density at radius 2 is 2.00 bits per heavy atom. The van der Waals surface area contributed by atoms with Gasteiger partial charge in [-0.25, -0.2) is 0 Å². The first kappa shape index (κ1) is 12.4. The molecule has 1 aromatic rings. The van der Waals surface area contributed by atoms with E-state index in [0.717, 1.165) is 43.1 Å². The average Bonchev–Trinajstić information content (AvgIpc) is 3.18. The van der Waals surface area contributed by atoms with Gasteiger partial charge in [0.2, 0.25) is 0 Å². The van der Waals surface area contributed by atoms with Crippen LogP contribution < -0.4 is 4.74 Å². The van der Waals surface area contributed by atoms with Crippen LogP contribution in [0.1, 0.15) is 50.7 Å². The van der Waals surface area contributed by atoms with E-state index < -0.39 is 0 Å². The lowest BCUT2D eigenvalue weighted by atomic mass is 10.0. The predicted octanol–water partition coefficient (Wildman–Crippen LogP) is 3.70. The Labute approximate surface area is 104 Å². The van der Waals surface area contributed by atoms with Crippen LogP contribution in [-0.4, -0.2) is 11.7 Å². The van der Waals surface area contributed by atoms with Gasteiger partial charge in [-0.15, -0.1) is 0 Å². The van der Waals surface area contributed by atoms with Crippen molar-refractivity contribution in [1.82, 2.24) is 0 Å². The molecule has 0 saturated heterocycles. The SMILES string of the molecule is CCCOc1ccc(C(O)CCC2CC2)cc1. The molecule has 2 heteroatoms. The van der Waals surface area contributed by atoms with Crippen LogP contribution in [0.5, 0.6) is 5.75 Å². The maximum Gasteiger partial charge on any atom is 0.119 e. The molecule has 2 rings (SSSR count). The van der Waals surface area contributed by atoms with Gasteiger partial charge in [-0.1, -0.05) is 31.9 Å². The van der Waals surface area contributed by atoms with Gasteiger partial charge in [0.15, 0.2) is 0 Å². The van der Waals surface area contributed by atoms with Crippen molar-refractivity contribution in [1.29, 1.82) is 0 Å². The minimum atomic E-state index is -0.309. The summed E-state index contributed by atoms with van der Waals surface area (Å²) in [6.45, 7) is 2.85. The maximum absolute atomic E-state index is 10.0.